The van der Waals surface area contributed by atoms with Crippen LogP contribution in [0.3, 0.4) is 0 Å². The lowest BCUT2D eigenvalue weighted by molar-refractivity contribution is 0.246. The van der Waals surface area contributed by atoms with E-state index in [0.29, 0.717) is 0 Å². The van der Waals surface area contributed by atoms with Gasteiger partial charge in [-0.1, -0.05) is 30.3 Å². The van der Waals surface area contributed by atoms with E-state index in [2.05, 4.69) is 41.7 Å². The van der Waals surface area contributed by atoms with Crippen LogP contribution in [0.15, 0.2) is 30.3 Å². The zero-order valence-electron chi connectivity index (χ0n) is 7.87. The highest BCUT2D eigenvalue weighted by Gasteiger charge is 2.09. The van der Waals surface area contributed by atoms with Crippen LogP contribution in [0.4, 0.5) is 0 Å². The van der Waals surface area contributed by atoms with Crippen LogP contribution in [0.1, 0.15) is 18.4 Å². The Morgan fingerprint density at radius 3 is 2.46 bits per heavy atom. The van der Waals surface area contributed by atoms with Gasteiger partial charge < -0.3 is 0 Å². The molecule has 0 unspecified atom stereocenters. The monoisotopic (exact) mass is 173 g/mol. The molecule has 2 radical (unpaired) electrons. The highest BCUT2D eigenvalue weighted by atomic mass is 15.1. The van der Waals surface area contributed by atoms with Gasteiger partial charge in [-0.2, -0.15) is 0 Å². The topological polar surface area (TPSA) is 3.24 Å². The molecule has 1 nitrogen and oxygen atoms in total. The molecule has 1 aromatic rings. The molecule has 0 atom stereocenters. The van der Waals surface area contributed by atoms with Crippen LogP contribution in [-0.4, -0.2) is 18.0 Å². The zero-order valence-corrected chi connectivity index (χ0v) is 7.87. The van der Waals surface area contributed by atoms with Crippen LogP contribution in [0.5, 0.6) is 0 Å². The SMILES string of the molecule is [C]1CCN(Cc2ccccc2)CC1. The molecule has 1 fully saturated rings. The van der Waals surface area contributed by atoms with E-state index >= 15 is 0 Å². The fourth-order valence-corrected chi connectivity index (χ4v) is 1.71. The van der Waals surface area contributed by atoms with Crippen LogP contribution < -0.4 is 0 Å². The summed E-state index contributed by atoms with van der Waals surface area (Å²) < 4.78 is 0. The van der Waals surface area contributed by atoms with Gasteiger partial charge in [0.15, 0.2) is 0 Å². The van der Waals surface area contributed by atoms with Gasteiger partial charge in [-0.05, 0) is 37.9 Å². The third-order valence-corrected chi connectivity index (χ3v) is 2.46. The molecule has 0 spiro atoms. The van der Waals surface area contributed by atoms with E-state index in [4.69, 9.17) is 0 Å². The normalized spacial score (nSPS) is 18.8. The third kappa shape index (κ3) is 2.56. The molecule has 0 N–H and O–H groups in total. The van der Waals surface area contributed by atoms with Crippen LogP contribution in [0.2, 0.25) is 0 Å². The summed E-state index contributed by atoms with van der Waals surface area (Å²) in [5.74, 6) is 0. The second-order valence-electron chi connectivity index (χ2n) is 3.51. The lowest BCUT2D eigenvalue weighted by Gasteiger charge is -2.25. The molecule has 0 aromatic heterocycles. The maximum absolute atomic E-state index is 3.36. The Bertz CT molecular complexity index is 237. The summed E-state index contributed by atoms with van der Waals surface area (Å²) in [6.45, 7) is 3.45. The largest absolute Gasteiger partial charge is 0.299 e. The van der Waals surface area contributed by atoms with Crippen molar-refractivity contribution in [3.8, 4) is 0 Å². The quantitative estimate of drug-likeness (QED) is 0.663. The summed E-state index contributed by atoms with van der Waals surface area (Å²) in [6, 6.07) is 10.7. The van der Waals surface area contributed by atoms with Crippen LogP contribution in [0.25, 0.3) is 0 Å². The Balaban J connectivity index is 1.90. The maximum Gasteiger partial charge on any atom is 0.0233 e. The van der Waals surface area contributed by atoms with Gasteiger partial charge in [-0.3, -0.25) is 4.90 Å². The summed E-state index contributed by atoms with van der Waals surface area (Å²) in [5.41, 5.74) is 1.42. The fraction of sp³-hybridized carbons (Fsp3) is 0.417. The highest BCUT2D eigenvalue weighted by molar-refractivity contribution is 5.14. The predicted octanol–water partition coefficient (Wildman–Crippen LogP) is 2.36. The van der Waals surface area contributed by atoms with Crippen molar-refractivity contribution in [2.24, 2.45) is 0 Å². The summed E-state index contributed by atoms with van der Waals surface area (Å²) in [6.07, 6.45) is 5.62. The minimum Gasteiger partial charge on any atom is -0.299 e. The Morgan fingerprint density at radius 2 is 1.77 bits per heavy atom. The zero-order chi connectivity index (χ0) is 8.93. The van der Waals surface area contributed by atoms with Crippen molar-refractivity contribution < 1.29 is 0 Å². The third-order valence-electron chi connectivity index (χ3n) is 2.46. The van der Waals surface area contributed by atoms with E-state index in [1.165, 1.54) is 18.7 Å². The van der Waals surface area contributed by atoms with Crippen LogP contribution in [0, 0.1) is 6.42 Å². The molecule has 1 heteroatoms. The van der Waals surface area contributed by atoms with E-state index in [1.54, 1.807) is 0 Å². The van der Waals surface area contributed by atoms with E-state index in [0.717, 1.165) is 19.4 Å². The molecule has 0 saturated carbocycles. The van der Waals surface area contributed by atoms with Crippen molar-refractivity contribution in [3.63, 3.8) is 0 Å². The molecular weight excluding hydrogens is 158 g/mol. The number of hydrogen-bond acceptors (Lipinski definition) is 1. The molecule has 1 heterocycles. The van der Waals surface area contributed by atoms with Gasteiger partial charge in [0.25, 0.3) is 0 Å². The Morgan fingerprint density at radius 1 is 1.08 bits per heavy atom. The van der Waals surface area contributed by atoms with Gasteiger partial charge >= 0.3 is 0 Å². The van der Waals surface area contributed by atoms with E-state index < -0.39 is 0 Å². The first-order valence-corrected chi connectivity index (χ1v) is 4.92. The van der Waals surface area contributed by atoms with E-state index in [1.807, 2.05) is 0 Å². The van der Waals surface area contributed by atoms with Crippen molar-refractivity contribution >= 4 is 0 Å². The number of piperidine rings is 1. The molecule has 68 valence electrons. The average Bonchev–Trinajstić information content (AvgIpc) is 2.21. The molecule has 1 aliphatic rings. The second kappa shape index (κ2) is 4.43. The van der Waals surface area contributed by atoms with Crippen molar-refractivity contribution in [1.29, 1.82) is 0 Å². The fourth-order valence-electron chi connectivity index (χ4n) is 1.71. The van der Waals surface area contributed by atoms with Crippen molar-refractivity contribution in [1.82, 2.24) is 4.90 Å². The van der Waals surface area contributed by atoms with E-state index in [-0.39, 0.29) is 0 Å². The number of hydrogen-bond donors (Lipinski definition) is 0. The molecular formula is C12H15N. The van der Waals surface area contributed by atoms with E-state index in [9.17, 15) is 0 Å². The predicted molar refractivity (Wildman–Crippen MR) is 54.2 cm³/mol. The highest BCUT2D eigenvalue weighted by Crippen LogP contribution is 2.11. The van der Waals surface area contributed by atoms with Crippen LogP contribution >= 0.6 is 0 Å². The molecule has 2 rings (SSSR count). The maximum atomic E-state index is 3.36. The molecule has 1 saturated heterocycles. The van der Waals surface area contributed by atoms with Crippen LogP contribution in [-0.2, 0) is 6.54 Å². The van der Waals surface area contributed by atoms with Gasteiger partial charge in [0, 0.05) is 6.54 Å². The Hall–Kier alpha value is -0.820. The Labute approximate surface area is 80.4 Å². The van der Waals surface area contributed by atoms with Gasteiger partial charge in [0.1, 0.15) is 0 Å². The number of likely N-dealkylation sites (tertiary alicyclic amines) is 1. The van der Waals surface area contributed by atoms with Gasteiger partial charge in [0.05, 0.1) is 0 Å². The number of nitrogens with zero attached hydrogens (tertiary/aromatic N) is 1. The van der Waals surface area contributed by atoms with Gasteiger partial charge in [-0.15, -0.1) is 0 Å². The first kappa shape index (κ1) is 8.76. The lowest BCUT2D eigenvalue weighted by Crippen LogP contribution is -2.29. The first-order valence-electron chi connectivity index (χ1n) is 4.92. The number of rotatable bonds is 2. The van der Waals surface area contributed by atoms with Gasteiger partial charge in [0.2, 0.25) is 0 Å². The Kier molecular flexibility index (Phi) is 2.98. The van der Waals surface area contributed by atoms with Crippen molar-refractivity contribution in [2.45, 2.75) is 19.4 Å². The second-order valence-corrected chi connectivity index (χ2v) is 3.51. The summed E-state index contributed by atoms with van der Waals surface area (Å²) >= 11 is 0. The smallest absolute Gasteiger partial charge is 0.0233 e. The minimum atomic E-state index is 1.10. The molecule has 0 amide bonds. The first-order chi connectivity index (χ1) is 6.45. The molecule has 0 bridgehead atoms. The summed E-state index contributed by atoms with van der Waals surface area (Å²) in [4.78, 5) is 2.49. The molecule has 0 aliphatic carbocycles. The standard InChI is InChI=1S/C12H15N/c1-3-7-12(8-4-1)11-13-9-5-2-6-10-13/h1,3-4,7-8H,5-6,9-11H2. The summed E-state index contributed by atoms with van der Waals surface area (Å²) in [5, 5.41) is 0. The average molecular weight is 173 g/mol. The lowest BCUT2D eigenvalue weighted by atomic mass is 10.1. The molecule has 1 aliphatic heterocycles. The summed E-state index contributed by atoms with van der Waals surface area (Å²) in [7, 11) is 0. The van der Waals surface area contributed by atoms with Crippen molar-refractivity contribution in [2.75, 3.05) is 13.1 Å². The molecule has 13 heavy (non-hydrogen) atoms. The minimum absolute atomic E-state index is 1.10. The molecule has 1 aromatic carbocycles. The van der Waals surface area contributed by atoms with Gasteiger partial charge in [-0.25, -0.2) is 0 Å². The van der Waals surface area contributed by atoms with Crippen molar-refractivity contribution in [3.05, 3.63) is 42.3 Å². The number of benzene rings is 1.